The summed E-state index contributed by atoms with van der Waals surface area (Å²) in [6.07, 6.45) is 10.8. The van der Waals surface area contributed by atoms with Crippen molar-refractivity contribution >= 4 is 0 Å². The highest BCUT2D eigenvalue weighted by Crippen LogP contribution is 2.36. The molecule has 288 valence electrons. The Hall–Kier alpha value is -1.84. The number of epoxide rings is 1. The molecule has 5 aliphatic rings. The fourth-order valence-corrected chi connectivity index (χ4v) is 8.72. The molecule has 1 saturated heterocycles. The van der Waals surface area contributed by atoms with Gasteiger partial charge in [0.05, 0.1) is 38.1 Å². The molecule has 2 aromatic carbocycles. The Morgan fingerprint density at radius 2 is 1.33 bits per heavy atom. The third-order valence-corrected chi connectivity index (χ3v) is 12.0. The Labute approximate surface area is 310 Å². The first-order valence-electron chi connectivity index (χ1n) is 20.3. The van der Waals surface area contributed by atoms with Crippen LogP contribution < -0.4 is 5.32 Å². The van der Waals surface area contributed by atoms with Crippen LogP contribution in [0.2, 0.25) is 0 Å². The summed E-state index contributed by atoms with van der Waals surface area (Å²) in [6, 6.07) is 17.3. The average Bonchev–Trinajstić information content (AvgIpc) is 3.95. The van der Waals surface area contributed by atoms with Gasteiger partial charge in [0, 0.05) is 26.2 Å². The molecule has 0 bridgehead atoms. The molecule has 4 N–H and O–H groups in total. The molecule has 7 nitrogen and oxygen atoms in total. The molecule has 8 unspecified atom stereocenters. The zero-order valence-corrected chi connectivity index (χ0v) is 32.8. The van der Waals surface area contributed by atoms with E-state index in [0.29, 0.717) is 43.3 Å². The van der Waals surface area contributed by atoms with E-state index in [2.05, 4.69) is 100 Å². The minimum atomic E-state index is -0.393. The van der Waals surface area contributed by atoms with E-state index < -0.39 is 6.10 Å². The van der Waals surface area contributed by atoms with E-state index in [4.69, 9.17) is 14.2 Å². The fourth-order valence-electron chi connectivity index (χ4n) is 8.72. The van der Waals surface area contributed by atoms with Crippen LogP contribution in [-0.4, -0.2) is 79.4 Å². The summed E-state index contributed by atoms with van der Waals surface area (Å²) in [5, 5.41) is 13.8. The lowest BCUT2D eigenvalue weighted by Gasteiger charge is -2.38. The maximum atomic E-state index is 10.5. The number of rotatable bonds is 10. The predicted octanol–water partition coefficient (Wildman–Crippen LogP) is 7.25. The van der Waals surface area contributed by atoms with Crippen LogP contribution in [0.25, 0.3) is 0 Å². The van der Waals surface area contributed by atoms with Crippen LogP contribution in [0.4, 0.5) is 0 Å². The van der Waals surface area contributed by atoms with Crippen molar-refractivity contribution in [3.8, 4) is 0 Å². The van der Waals surface area contributed by atoms with Gasteiger partial charge in [0.1, 0.15) is 6.10 Å². The largest absolute Gasteiger partial charge is 0.412 e. The molecule has 3 heterocycles. The van der Waals surface area contributed by atoms with Crippen molar-refractivity contribution in [3.63, 3.8) is 0 Å². The number of fused-ring (bicyclic) bond motifs is 2. The van der Waals surface area contributed by atoms with Gasteiger partial charge < -0.3 is 30.1 Å². The third-order valence-electron chi connectivity index (χ3n) is 12.0. The second kappa shape index (κ2) is 21.2. The Bertz CT molecular complexity index is 1240. The van der Waals surface area contributed by atoms with Crippen molar-refractivity contribution in [3.05, 3.63) is 70.8 Å². The summed E-state index contributed by atoms with van der Waals surface area (Å²) in [5.41, 5.74) is 5.85. The highest BCUT2D eigenvalue weighted by atomic mass is 16.6. The first-order valence-corrected chi connectivity index (χ1v) is 20.3. The SMILES string of the molecule is CC1CCC(C(C)C)C(OCC(O)CN2CCc3ccccc3C2)C1.CC1CCC(C(C)C)C(OCC2CO2)C1.O.c1ccc2c(c1)CCNC2. The number of nitrogens with one attached hydrogen (secondary N) is 1. The summed E-state index contributed by atoms with van der Waals surface area (Å²) in [5.74, 6) is 4.40. The van der Waals surface area contributed by atoms with Gasteiger partial charge in [-0.15, -0.1) is 0 Å². The maximum absolute atomic E-state index is 10.5. The Morgan fingerprint density at radius 3 is 1.90 bits per heavy atom. The van der Waals surface area contributed by atoms with Crippen LogP contribution in [-0.2, 0) is 40.1 Å². The second-order valence-corrected chi connectivity index (χ2v) is 17.0. The van der Waals surface area contributed by atoms with Gasteiger partial charge in [-0.3, -0.25) is 4.90 Å². The van der Waals surface area contributed by atoms with Gasteiger partial charge in [-0.05, 0) is 103 Å². The van der Waals surface area contributed by atoms with Crippen LogP contribution in [0.1, 0.15) is 102 Å². The first kappa shape index (κ1) is 41.9. The zero-order valence-electron chi connectivity index (χ0n) is 32.8. The van der Waals surface area contributed by atoms with Gasteiger partial charge in [-0.25, -0.2) is 0 Å². The second-order valence-electron chi connectivity index (χ2n) is 17.0. The summed E-state index contributed by atoms with van der Waals surface area (Å²) in [6.45, 7) is 21.0. The van der Waals surface area contributed by atoms with Crippen LogP contribution in [0.15, 0.2) is 48.5 Å². The number of hydrogen-bond donors (Lipinski definition) is 2. The summed E-state index contributed by atoms with van der Waals surface area (Å²) in [7, 11) is 0. The minimum absolute atomic E-state index is 0. The van der Waals surface area contributed by atoms with E-state index in [-0.39, 0.29) is 5.48 Å². The lowest BCUT2D eigenvalue weighted by Crippen LogP contribution is -2.41. The number of aliphatic hydroxyl groups is 1. The molecule has 0 radical (unpaired) electrons. The Morgan fingerprint density at radius 1 is 0.784 bits per heavy atom. The van der Waals surface area contributed by atoms with Gasteiger partial charge in [0.15, 0.2) is 0 Å². The fraction of sp³-hybridized carbons (Fsp3) is 0.727. The lowest BCUT2D eigenvalue weighted by atomic mass is 9.75. The molecule has 7 rings (SSSR count). The molecule has 8 atom stereocenters. The Kier molecular flexibility index (Phi) is 17.4. The Balaban J connectivity index is 0.000000189. The lowest BCUT2D eigenvalue weighted by molar-refractivity contribution is -0.0744. The van der Waals surface area contributed by atoms with E-state index in [9.17, 15) is 5.11 Å². The molecule has 0 aromatic heterocycles. The third kappa shape index (κ3) is 13.5. The highest BCUT2D eigenvalue weighted by molar-refractivity contribution is 5.29. The topological polar surface area (TPSA) is 98.0 Å². The van der Waals surface area contributed by atoms with E-state index in [1.807, 2.05) is 0 Å². The van der Waals surface area contributed by atoms with E-state index >= 15 is 0 Å². The summed E-state index contributed by atoms with van der Waals surface area (Å²) in [4.78, 5) is 2.36. The molecule has 7 heteroatoms. The predicted molar refractivity (Wildman–Crippen MR) is 209 cm³/mol. The van der Waals surface area contributed by atoms with Gasteiger partial charge >= 0.3 is 0 Å². The molecule has 2 aliphatic carbocycles. The summed E-state index contributed by atoms with van der Waals surface area (Å²) >= 11 is 0. The van der Waals surface area contributed by atoms with Crippen LogP contribution in [0.5, 0.6) is 0 Å². The average molecular weight is 709 g/mol. The normalized spacial score (nSPS) is 29.3. The molecule has 0 amide bonds. The van der Waals surface area contributed by atoms with Crippen molar-refractivity contribution in [1.82, 2.24) is 10.2 Å². The number of hydrogen-bond acceptors (Lipinski definition) is 6. The van der Waals surface area contributed by atoms with Gasteiger partial charge in [-0.1, -0.05) is 103 Å². The number of aliphatic hydroxyl groups excluding tert-OH is 1. The number of nitrogens with zero attached hydrogens (tertiary/aromatic N) is 1. The summed E-state index contributed by atoms with van der Waals surface area (Å²) < 4.78 is 17.4. The van der Waals surface area contributed by atoms with Crippen molar-refractivity contribution < 1.29 is 24.8 Å². The molecule has 2 aromatic rings. The molecule has 51 heavy (non-hydrogen) atoms. The van der Waals surface area contributed by atoms with Gasteiger partial charge in [-0.2, -0.15) is 0 Å². The molecular weight excluding hydrogens is 636 g/mol. The zero-order chi connectivity index (χ0) is 35.5. The smallest absolute Gasteiger partial charge is 0.104 e. The standard InChI is InChI=1S/C22H35NO2.C13H24O2.C9H11N.H2O/c1-16(2)21-9-8-17(3)12-22(21)25-15-20(24)14-23-11-10-18-6-4-5-7-19(18)13-23;1-9(2)12-5-4-10(3)6-13(12)15-8-11-7-14-11;1-2-4-9-7-10-6-5-8(9)3-1;/h4-7,16-17,20-22,24H,8-15H2,1-3H3;9-13H,4-8H2,1-3H3;1-4,10H,5-7H2;1H2. The quantitative estimate of drug-likeness (QED) is 0.253. The first-order chi connectivity index (χ1) is 24.2. The minimum Gasteiger partial charge on any atom is -0.412 e. The molecule has 2 saturated carbocycles. The molecule has 0 spiro atoms. The van der Waals surface area contributed by atoms with Crippen molar-refractivity contribution in [1.29, 1.82) is 0 Å². The van der Waals surface area contributed by atoms with Crippen LogP contribution in [0, 0.1) is 35.5 Å². The number of β-amino-alcohol motifs (C(OH)–C–C–N with tert-alkyl or cyclic N) is 1. The van der Waals surface area contributed by atoms with Gasteiger partial charge in [0.25, 0.3) is 0 Å². The van der Waals surface area contributed by atoms with E-state index in [0.717, 1.165) is 75.9 Å². The highest BCUT2D eigenvalue weighted by Gasteiger charge is 2.34. The molecular formula is C44H72N2O5. The van der Waals surface area contributed by atoms with E-state index in [1.54, 1.807) is 0 Å². The van der Waals surface area contributed by atoms with Crippen LogP contribution in [0.3, 0.4) is 0 Å². The van der Waals surface area contributed by atoms with Gasteiger partial charge in [0.2, 0.25) is 0 Å². The monoisotopic (exact) mass is 709 g/mol. The molecule has 3 fully saturated rings. The van der Waals surface area contributed by atoms with E-state index in [1.165, 1.54) is 60.8 Å². The van der Waals surface area contributed by atoms with Crippen molar-refractivity contribution in [2.24, 2.45) is 35.5 Å². The number of ether oxygens (including phenoxy) is 3. The molecule has 3 aliphatic heterocycles. The maximum Gasteiger partial charge on any atom is 0.104 e. The van der Waals surface area contributed by atoms with Crippen molar-refractivity contribution in [2.45, 2.75) is 130 Å². The number of benzene rings is 2. The van der Waals surface area contributed by atoms with Crippen LogP contribution >= 0.6 is 0 Å². The van der Waals surface area contributed by atoms with Crippen molar-refractivity contribution in [2.75, 3.05) is 39.5 Å².